The minimum absolute atomic E-state index is 0.0160. The third-order valence-electron chi connectivity index (χ3n) is 5.22. The van der Waals surface area contributed by atoms with E-state index in [-0.39, 0.29) is 17.2 Å². The number of anilines is 1. The number of aromatic nitrogens is 3. The minimum Gasteiger partial charge on any atom is -0.493 e. The summed E-state index contributed by atoms with van der Waals surface area (Å²) in [7, 11) is -7.49. The molecule has 5 N–H and O–H groups in total. The smallest absolute Gasteiger partial charge is 0.446 e. The van der Waals surface area contributed by atoms with Gasteiger partial charge in [0.2, 0.25) is 5.82 Å². The Morgan fingerprint density at radius 2 is 1.73 bits per heavy atom. The van der Waals surface area contributed by atoms with Crippen LogP contribution in [0.1, 0.15) is 17.0 Å². The number of nitrogens with two attached hydrogens (primary N) is 1. The summed E-state index contributed by atoms with van der Waals surface area (Å²) in [6, 6.07) is 12.8. The van der Waals surface area contributed by atoms with E-state index in [1.807, 2.05) is 19.9 Å². The van der Waals surface area contributed by atoms with Crippen LogP contribution in [0.25, 0.3) is 16.8 Å². The van der Waals surface area contributed by atoms with Crippen molar-refractivity contribution < 1.29 is 39.0 Å². The van der Waals surface area contributed by atoms with E-state index in [2.05, 4.69) is 19.6 Å². The fourth-order valence-corrected chi connectivity index (χ4v) is 4.51. The molecule has 13 nitrogen and oxygen atoms in total. The van der Waals surface area contributed by atoms with Gasteiger partial charge in [-0.15, -0.1) is 9.50 Å². The molecular formula is C22H24N5O8S2+. The van der Waals surface area contributed by atoms with Gasteiger partial charge in [0.05, 0.1) is 31.0 Å². The first-order valence-corrected chi connectivity index (χ1v) is 13.5. The van der Waals surface area contributed by atoms with Gasteiger partial charge >= 0.3 is 20.7 Å². The van der Waals surface area contributed by atoms with E-state index in [4.69, 9.17) is 18.6 Å². The Bertz CT molecular complexity index is 1680. The number of rotatable bonds is 9. The Labute approximate surface area is 213 Å². The maximum absolute atomic E-state index is 11.5. The number of methoxy groups -OCH3 is 1. The zero-order chi connectivity index (χ0) is 27.0. The molecule has 0 atom stereocenters. The highest BCUT2D eigenvalue weighted by Gasteiger charge is 2.23. The molecule has 196 valence electrons. The first-order valence-electron chi connectivity index (χ1n) is 10.7. The van der Waals surface area contributed by atoms with Crippen molar-refractivity contribution in [3.05, 3.63) is 65.5 Å². The van der Waals surface area contributed by atoms with Crippen molar-refractivity contribution in [1.82, 2.24) is 10.1 Å². The monoisotopic (exact) mass is 550 g/mol. The number of benzene rings is 2. The van der Waals surface area contributed by atoms with Crippen LogP contribution < -0.4 is 28.1 Å². The molecule has 0 amide bonds. The van der Waals surface area contributed by atoms with Gasteiger partial charge in [0.15, 0.2) is 11.5 Å². The fourth-order valence-electron chi connectivity index (χ4n) is 3.77. The van der Waals surface area contributed by atoms with E-state index in [1.54, 1.807) is 28.8 Å². The first-order chi connectivity index (χ1) is 17.3. The molecule has 0 saturated carbocycles. The number of hydrogen-bond donors (Lipinski definition) is 4. The molecule has 0 spiro atoms. The average Bonchev–Trinajstić information content (AvgIpc) is 3.12. The van der Waals surface area contributed by atoms with Gasteiger partial charge in [-0.3, -0.25) is 9.87 Å². The lowest BCUT2D eigenvalue weighted by Crippen LogP contribution is -2.29. The number of aromatic amines is 1. The zero-order valence-electron chi connectivity index (χ0n) is 19.9. The Hall–Kier alpha value is -3.92. The van der Waals surface area contributed by atoms with Crippen LogP contribution >= 0.6 is 0 Å². The van der Waals surface area contributed by atoms with E-state index in [0.717, 1.165) is 11.3 Å². The molecule has 0 aliphatic heterocycles. The summed E-state index contributed by atoms with van der Waals surface area (Å²) in [6.45, 7) is 4.06. The van der Waals surface area contributed by atoms with Gasteiger partial charge in [0.1, 0.15) is 11.4 Å². The lowest BCUT2D eigenvalue weighted by Gasteiger charge is -2.10. The molecule has 0 fully saturated rings. The Morgan fingerprint density at radius 3 is 2.35 bits per heavy atom. The van der Waals surface area contributed by atoms with E-state index >= 15 is 0 Å². The normalized spacial score (nSPS) is 11.9. The first kappa shape index (κ1) is 26.2. The van der Waals surface area contributed by atoms with Crippen molar-refractivity contribution in [1.29, 1.82) is 0 Å². The Balaban J connectivity index is 1.68. The summed E-state index contributed by atoms with van der Waals surface area (Å²) in [6.07, 6.45) is 0. The highest BCUT2D eigenvalue weighted by Crippen LogP contribution is 2.35. The van der Waals surface area contributed by atoms with Crippen LogP contribution in [0.2, 0.25) is 0 Å². The standard InChI is InChI=1S/C22H23N5O8S2/c1-13-10-20(24-12-15-4-7-17(8-5-15)34-37(30,31)32)27-22(25-13)21(14(2)26-27)16-6-9-18(33-3)19(11-16)35-36(23,28)29/h4-11H,12H2,1-3H3,(H4,23,24,25,26,28,29,30,31,32)/p+1. The largest absolute Gasteiger partial charge is 0.493 e. The second-order valence-electron chi connectivity index (χ2n) is 8.00. The number of nitrogens with zero attached hydrogens (tertiary/aromatic N) is 2. The SMILES string of the molecule is COc1ccc(-c2c(C)[nH][n+]3c(NCc4ccc(OS(=O)(=O)O)cc4)cc(C)nc23)cc1OS(N)(=O)=O. The quantitative estimate of drug-likeness (QED) is 0.177. The summed E-state index contributed by atoms with van der Waals surface area (Å²) in [5, 5.41) is 11.6. The summed E-state index contributed by atoms with van der Waals surface area (Å²) < 4.78 is 69.8. The van der Waals surface area contributed by atoms with Crippen molar-refractivity contribution >= 4 is 32.2 Å². The van der Waals surface area contributed by atoms with Gasteiger partial charge in [-0.05, 0) is 49.2 Å². The predicted octanol–water partition coefficient (Wildman–Crippen LogP) is 1.82. The molecule has 0 bridgehead atoms. The third kappa shape index (κ3) is 6.26. The van der Waals surface area contributed by atoms with Gasteiger partial charge in [-0.2, -0.15) is 22.0 Å². The predicted molar refractivity (Wildman–Crippen MR) is 133 cm³/mol. The maximum Gasteiger partial charge on any atom is 0.446 e. The highest BCUT2D eigenvalue weighted by atomic mass is 32.3. The summed E-state index contributed by atoms with van der Waals surface area (Å²) in [5.41, 5.74) is 4.18. The van der Waals surface area contributed by atoms with Crippen molar-refractivity contribution in [2.24, 2.45) is 5.14 Å². The molecule has 0 radical (unpaired) electrons. The zero-order valence-corrected chi connectivity index (χ0v) is 21.6. The van der Waals surface area contributed by atoms with Crippen LogP contribution in [0.4, 0.5) is 5.82 Å². The molecule has 4 aromatic rings. The molecule has 37 heavy (non-hydrogen) atoms. The summed E-state index contributed by atoms with van der Waals surface area (Å²) >= 11 is 0. The molecule has 2 heterocycles. The van der Waals surface area contributed by atoms with Gasteiger partial charge in [0.25, 0.3) is 5.65 Å². The second kappa shape index (κ2) is 9.85. The third-order valence-corrected chi connectivity index (χ3v) is 6.03. The molecule has 2 aromatic heterocycles. The summed E-state index contributed by atoms with van der Waals surface area (Å²) in [5.74, 6) is 0.804. The van der Waals surface area contributed by atoms with Gasteiger partial charge in [-0.25, -0.2) is 5.10 Å². The van der Waals surface area contributed by atoms with Crippen LogP contribution in [0.5, 0.6) is 17.2 Å². The fraction of sp³-hybridized carbons (Fsp3) is 0.182. The number of hydrogen-bond acceptors (Lipinski definition) is 9. The van der Waals surface area contributed by atoms with Crippen molar-refractivity contribution in [2.75, 3.05) is 12.4 Å². The number of aryl methyl sites for hydroxylation is 2. The summed E-state index contributed by atoms with van der Waals surface area (Å²) in [4.78, 5) is 4.66. The molecule has 15 heteroatoms. The van der Waals surface area contributed by atoms with Crippen molar-refractivity contribution in [3.63, 3.8) is 0 Å². The number of H-pyrrole nitrogens is 1. The molecule has 0 unspecified atom stereocenters. The van der Waals surface area contributed by atoms with Crippen LogP contribution in [0.15, 0.2) is 48.5 Å². The van der Waals surface area contributed by atoms with Crippen molar-refractivity contribution in [3.8, 4) is 28.4 Å². The average molecular weight is 551 g/mol. The molecule has 0 aliphatic rings. The maximum atomic E-state index is 11.5. The molecule has 0 saturated heterocycles. The second-order valence-corrected chi connectivity index (χ2v) is 10.2. The minimum atomic E-state index is -4.60. The number of ether oxygens (including phenoxy) is 1. The lowest BCUT2D eigenvalue weighted by atomic mass is 10.1. The highest BCUT2D eigenvalue weighted by molar-refractivity contribution is 7.84. The van der Waals surface area contributed by atoms with E-state index in [1.165, 1.54) is 25.3 Å². The Kier molecular flexibility index (Phi) is 6.96. The van der Waals surface area contributed by atoms with Gasteiger partial charge < -0.3 is 13.1 Å². The van der Waals surface area contributed by atoms with Gasteiger partial charge in [0, 0.05) is 0 Å². The topological polar surface area (TPSA) is 187 Å². The van der Waals surface area contributed by atoms with Gasteiger partial charge in [-0.1, -0.05) is 18.2 Å². The van der Waals surface area contributed by atoms with E-state index in [0.29, 0.717) is 34.8 Å². The number of fused-ring (bicyclic) bond motifs is 1. The van der Waals surface area contributed by atoms with E-state index < -0.39 is 20.7 Å². The molecular weight excluding hydrogens is 526 g/mol. The van der Waals surface area contributed by atoms with Crippen molar-refractivity contribution in [2.45, 2.75) is 20.4 Å². The molecule has 2 aromatic carbocycles. The lowest BCUT2D eigenvalue weighted by molar-refractivity contribution is -0.564. The van der Waals surface area contributed by atoms with Crippen LogP contribution in [-0.2, 0) is 27.2 Å². The van der Waals surface area contributed by atoms with Crippen LogP contribution in [-0.4, -0.2) is 38.6 Å². The van der Waals surface area contributed by atoms with E-state index in [9.17, 15) is 16.8 Å². The molecule has 0 aliphatic carbocycles. The Morgan fingerprint density at radius 1 is 1.03 bits per heavy atom. The number of nitrogens with one attached hydrogen (secondary N) is 2. The van der Waals surface area contributed by atoms with Crippen LogP contribution in [0, 0.1) is 13.8 Å². The molecule has 4 rings (SSSR count). The van der Waals surface area contributed by atoms with Crippen LogP contribution in [0.3, 0.4) is 0 Å².